The summed E-state index contributed by atoms with van der Waals surface area (Å²) >= 11 is 1.77. The van der Waals surface area contributed by atoms with Gasteiger partial charge in [-0.25, -0.2) is 0 Å². The number of ether oxygens (including phenoxy) is 1. The number of nitrogen functional groups attached to an aromatic ring is 1. The van der Waals surface area contributed by atoms with E-state index in [2.05, 4.69) is 20.8 Å². The van der Waals surface area contributed by atoms with Gasteiger partial charge in [0.1, 0.15) is 5.75 Å². The van der Waals surface area contributed by atoms with Crippen molar-refractivity contribution in [2.45, 2.75) is 37.3 Å². The summed E-state index contributed by atoms with van der Waals surface area (Å²) in [5.74, 6) is 0.808. The van der Waals surface area contributed by atoms with E-state index in [0.29, 0.717) is 5.25 Å². The van der Waals surface area contributed by atoms with Crippen LogP contribution in [-0.2, 0) is 0 Å². The number of hydrogen-bond acceptors (Lipinski definition) is 3. The van der Waals surface area contributed by atoms with Crippen LogP contribution in [0, 0.1) is 0 Å². The molecule has 0 fully saturated rings. The third-order valence-electron chi connectivity index (χ3n) is 1.85. The van der Waals surface area contributed by atoms with Gasteiger partial charge >= 0.3 is 0 Å². The molecule has 0 atom stereocenters. The zero-order chi connectivity index (χ0) is 11.3. The topological polar surface area (TPSA) is 35.2 Å². The number of thioether (sulfide) groups is 1. The molecule has 0 saturated heterocycles. The summed E-state index contributed by atoms with van der Waals surface area (Å²) < 4.78 is 5.57. The van der Waals surface area contributed by atoms with E-state index in [0.717, 1.165) is 29.4 Å². The second-order valence-electron chi connectivity index (χ2n) is 3.68. The zero-order valence-corrected chi connectivity index (χ0v) is 10.4. The van der Waals surface area contributed by atoms with Crippen molar-refractivity contribution in [3.63, 3.8) is 0 Å². The summed E-state index contributed by atoms with van der Waals surface area (Å²) in [6, 6.07) is 5.96. The Labute approximate surface area is 96.2 Å². The molecule has 1 rings (SSSR count). The average Bonchev–Trinajstić information content (AvgIpc) is 2.19. The van der Waals surface area contributed by atoms with Crippen LogP contribution in [0.1, 0.15) is 27.2 Å². The normalized spacial score (nSPS) is 10.7. The minimum Gasteiger partial charge on any atom is -0.491 e. The summed E-state index contributed by atoms with van der Waals surface area (Å²) in [6.45, 7) is 7.12. The van der Waals surface area contributed by atoms with E-state index in [-0.39, 0.29) is 0 Å². The summed E-state index contributed by atoms with van der Waals surface area (Å²) in [6.07, 6.45) is 1.00. The Balaban J connectivity index is 2.80. The summed E-state index contributed by atoms with van der Waals surface area (Å²) in [4.78, 5) is 1.11. The van der Waals surface area contributed by atoms with E-state index in [1.54, 1.807) is 11.8 Å². The molecule has 0 heterocycles. The lowest BCUT2D eigenvalue weighted by atomic mass is 10.3. The lowest BCUT2D eigenvalue weighted by Gasteiger charge is -2.12. The molecular formula is C12H19NOS. The number of benzene rings is 1. The molecule has 2 N–H and O–H groups in total. The summed E-state index contributed by atoms with van der Waals surface area (Å²) in [7, 11) is 0. The lowest BCUT2D eigenvalue weighted by molar-refractivity contribution is 0.318. The van der Waals surface area contributed by atoms with Gasteiger partial charge in [0, 0.05) is 10.1 Å². The fraction of sp³-hybridized carbons (Fsp3) is 0.500. The molecule has 2 nitrogen and oxygen atoms in total. The van der Waals surface area contributed by atoms with E-state index in [9.17, 15) is 0 Å². The molecule has 1 aromatic carbocycles. The maximum absolute atomic E-state index is 6.03. The molecule has 3 heteroatoms. The highest BCUT2D eigenvalue weighted by Gasteiger charge is 2.07. The van der Waals surface area contributed by atoms with Crippen molar-refractivity contribution in [3.05, 3.63) is 18.2 Å². The minimum atomic E-state index is 0.536. The van der Waals surface area contributed by atoms with Crippen molar-refractivity contribution in [1.29, 1.82) is 0 Å². The third-order valence-corrected chi connectivity index (χ3v) is 2.93. The molecule has 84 valence electrons. The largest absolute Gasteiger partial charge is 0.491 e. The second kappa shape index (κ2) is 5.91. The van der Waals surface area contributed by atoms with E-state index < -0.39 is 0 Å². The molecule has 0 radical (unpaired) electrons. The van der Waals surface area contributed by atoms with E-state index >= 15 is 0 Å². The zero-order valence-electron chi connectivity index (χ0n) is 9.62. The standard InChI is InChI=1S/C12H19NOS/c1-4-8-14-10-6-5-7-11(12(10)13)15-9(2)3/h5-7,9H,4,8,13H2,1-3H3. The number of nitrogens with two attached hydrogens (primary N) is 1. The van der Waals surface area contributed by atoms with Crippen LogP contribution in [0.5, 0.6) is 5.75 Å². The molecule has 15 heavy (non-hydrogen) atoms. The van der Waals surface area contributed by atoms with Gasteiger partial charge in [0.2, 0.25) is 0 Å². The van der Waals surface area contributed by atoms with Crippen molar-refractivity contribution in [3.8, 4) is 5.75 Å². The van der Waals surface area contributed by atoms with Crippen LogP contribution >= 0.6 is 11.8 Å². The maximum atomic E-state index is 6.03. The average molecular weight is 225 g/mol. The van der Waals surface area contributed by atoms with Gasteiger partial charge in [-0.2, -0.15) is 0 Å². The number of anilines is 1. The van der Waals surface area contributed by atoms with Gasteiger partial charge in [0.05, 0.1) is 12.3 Å². The Morgan fingerprint density at radius 1 is 1.40 bits per heavy atom. The molecule has 0 aliphatic heterocycles. The first-order valence-electron chi connectivity index (χ1n) is 5.33. The Bertz CT molecular complexity index is 312. The minimum absolute atomic E-state index is 0.536. The molecule has 0 spiro atoms. The van der Waals surface area contributed by atoms with E-state index in [4.69, 9.17) is 10.5 Å². The quantitative estimate of drug-likeness (QED) is 0.614. The monoisotopic (exact) mass is 225 g/mol. The Morgan fingerprint density at radius 3 is 2.73 bits per heavy atom. The van der Waals surface area contributed by atoms with E-state index in [1.807, 2.05) is 18.2 Å². The van der Waals surface area contributed by atoms with Crippen molar-refractivity contribution < 1.29 is 4.74 Å². The Hall–Kier alpha value is -0.830. The van der Waals surface area contributed by atoms with Crippen LogP contribution in [-0.4, -0.2) is 11.9 Å². The van der Waals surface area contributed by atoms with Gasteiger partial charge < -0.3 is 10.5 Å². The van der Waals surface area contributed by atoms with Crippen LogP contribution in [0.3, 0.4) is 0 Å². The molecule has 0 aliphatic carbocycles. The smallest absolute Gasteiger partial charge is 0.143 e. The highest BCUT2D eigenvalue weighted by Crippen LogP contribution is 2.34. The maximum Gasteiger partial charge on any atom is 0.143 e. The molecule has 0 saturated carbocycles. The fourth-order valence-corrected chi connectivity index (χ4v) is 2.11. The molecule has 0 bridgehead atoms. The van der Waals surface area contributed by atoms with Crippen molar-refractivity contribution in [1.82, 2.24) is 0 Å². The molecular weight excluding hydrogens is 206 g/mol. The SMILES string of the molecule is CCCOc1cccc(SC(C)C)c1N. The van der Waals surface area contributed by atoms with Gasteiger partial charge in [-0.3, -0.25) is 0 Å². The first kappa shape index (κ1) is 12.2. The molecule has 0 aromatic heterocycles. The van der Waals surface area contributed by atoms with Gasteiger partial charge in [0.15, 0.2) is 0 Å². The Morgan fingerprint density at radius 2 is 2.13 bits per heavy atom. The summed E-state index contributed by atoms with van der Waals surface area (Å²) in [5.41, 5.74) is 6.79. The fourth-order valence-electron chi connectivity index (χ4n) is 1.22. The third kappa shape index (κ3) is 3.67. The molecule has 0 unspecified atom stereocenters. The number of hydrogen-bond donors (Lipinski definition) is 1. The van der Waals surface area contributed by atoms with Gasteiger partial charge in [0.25, 0.3) is 0 Å². The first-order chi connectivity index (χ1) is 7.15. The number of para-hydroxylation sites is 1. The van der Waals surface area contributed by atoms with Crippen LogP contribution in [0.2, 0.25) is 0 Å². The Kier molecular flexibility index (Phi) is 4.82. The van der Waals surface area contributed by atoms with Crippen molar-refractivity contribution in [2.24, 2.45) is 0 Å². The van der Waals surface area contributed by atoms with E-state index in [1.165, 1.54) is 0 Å². The van der Waals surface area contributed by atoms with Crippen LogP contribution < -0.4 is 10.5 Å². The predicted octanol–water partition coefficient (Wildman–Crippen LogP) is 3.56. The highest BCUT2D eigenvalue weighted by molar-refractivity contribution is 8.00. The van der Waals surface area contributed by atoms with Crippen LogP contribution in [0.15, 0.2) is 23.1 Å². The predicted molar refractivity (Wildman–Crippen MR) is 67.6 cm³/mol. The lowest BCUT2D eigenvalue weighted by Crippen LogP contribution is -2.00. The highest BCUT2D eigenvalue weighted by atomic mass is 32.2. The van der Waals surface area contributed by atoms with Gasteiger partial charge in [-0.1, -0.05) is 26.8 Å². The first-order valence-corrected chi connectivity index (χ1v) is 6.21. The van der Waals surface area contributed by atoms with Crippen molar-refractivity contribution >= 4 is 17.4 Å². The molecule has 0 aliphatic rings. The van der Waals surface area contributed by atoms with Gasteiger partial charge in [-0.15, -0.1) is 11.8 Å². The van der Waals surface area contributed by atoms with Crippen LogP contribution in [0.4, 0.5) is 5.69 Å². The summed E-state index contributed by atoms with van der Waals surface area (Å²) in [5, 5.41) is 0.536. The molecule has 0 amide bonds. The van der Waals surface area contributed by atoms with Gasteiger partial charge in [-0.05, 0) is 18.6 Å². The van der Waals surface area contributed by atoms with Crippen LogP contribution in [0.25, 0.3) is 0 Å². The second-order valence-corrected chi connectivity index (χ2v) is 5.30. The molecule has 1 aromatic rings. The number of rotatable bonds is 5. The van der Waals surface area contributed by atoms with Crippen molar-refractivity contribution in [2.75, 3.05) is 12.3 Å².